The van der Waals surface area contributed by atoms with Crippen molar-refractivity contribution in [1.82, 2.24) is 10.2 Å². The van der Waals surface area contributed by atoms with Crippen LogP contribution in [0.5, 0.6) is 0 Å². The van der Waals surface area contributed by atoms with Crippen LogP contribution in [0.3, 0.4) is 0 Å². The fourth-order valence-corrected chi connectivity index (χ4v) is 1.69. The number of likely N-dealkylation sites (N-methyl/N-ethyl adjacent to an activating group) is 1. The Morgan fingerprint density at radius 3 is 1.94 bits per heavy atom. The molecule has 2 nitrogen and oxygen atoms in total. The van der Waals surface area contributed by atoms with E-state index in [1.807, 2.05) is 20.8 Å². The van der Waals surface area contributed by atoms with Gasteiger partial charge in [-0.05, 0) is 34.2 Å². The highest BCUT2D eigenvalue weighted by molar-refractivity contribution is 4.83. The molecule has 0 heterocycles. The average molecular weight is 240 g/mol. The van der Waals surface area contributed by atoms with Gasteiger partial charge in [0.2, 0.25) is 0 Å². The van der Waals surface area contributed by atoms with E-state index < -0.39 is 12.7 Å². The van der Waals surface area contributed by atoms with Crippen LogP contribution in [0.2, 0.25) is 0 Å². The third kappa shape index (κ3) is 7.06. The molecule has 5 heteroatoms. The van der Waals surface area contributed by atoms with Crippen LogP contribution in [-0.2, 0) is 0 Å². The van der Waals surface area contributed by atoms with Gasteiger partial charge in [0.05, 0.1) is 6.54 Å². The second-order valence-electron chi connectivity index (χ2n) is 5.03. The summed E-state index contributed by atoms with van der Waals surface area (Å²) in [4.78, 5) is 1.45. The molecule has 0 saturated carbocycles. The molecule has 16 heavy (non-hydrogen) atoms. The zero-order chi connectivity index (χ0) is 13.0. The van der Waals surface area contributed by atoms with Gasteiger partial charge < -0.3 is 5.32 Å². The van der Waals surface area contributed by atoms with Gasteiger partial charge in [-0.25, -0.2) is 0 Å². The number of rotatable bonds is 6. The van der Waals surface area contributed by atoms with E-state index in [1.54, 1.807) is 13.8 Å². The highest BCUT2D eigenvalue weighted by Crippen LogP contribution is 2.19. The van der Waals surface area contributed by atoms with Crippen molar-refractivity contribution in [3.05, 3.63) is 0 Å². The first kappa shape index (κ1) is 15.7. The first-order chi connectivity index (χ1) is 7.07. The Hall–Kier alpha value is -0.290. The van der Waals surface area contributed by atoms with Gasteiger partial charge in [0.1, 0.15) is 0 Å². The SMILES string of the molecule is CCNC(C)(C)CN(CC(F)(F)F)C(C)C. The molecule has 98 valence electrons. The molecule has 0 aliphatic heterocycles. The van der Waals surface area contributed by atoms with Gasteiger partial charge >= 0.3 is 6.18 Å². The van der Waals surface area contributed by atoms with Crippen molar-refractivity contribution in [1.29, 1.82) is 0 Å². The smallest absolute Gasteiger partial charge is 0.311 e. The van der Waals surface area contributed by atoms with E-state index in [9.17, 15) is 13.2 Å². The molecule has 0 saturated heterocycles. The van der Waals surface area contributed by atoms with Crippen molar-refractivity contribution in [3.63, 3.8) is 0 Å². The van der Waals surface area contributed by atoms with E-state index in [0.29, 0.717) is 6.54 Å². The molecule has 0 unspecified atom stereocenters. The largest absolute Gasteiger partial charge is 0.401 e. The van der Waals surface area contributed by atoms with Gasteiger partial charge in [-0.1, -0.05) is 6.92 Å². The van der Waals surface area contributed by atoms with E-state index in [0.717, 1.165) is 6.54 Å². The normalized spacial score (nSPS) is 13.9. The van der Waals surface area contributed by atoms with E-state index in [4.69, 9.17) is 0 Å². The Balaban J connectivity index is 4.45. The zero-order valence-corrected chi connectivity index (χ0v) is 10.8. The number of hydrogen-bond donors (Lipinski definition) is 1. The van der Waals surface area contributed by atoms with Crippen LogP contribution in [0.4, 0.5) is 13.2 Å². The maximum Gasteiger partial charge on any atom is 0.401 e. The van der Waals surface area contributed by atoms with E-state index in [-0.39, 0.29) is 11.6 Å². The monoisotopic (exact) mass is 240 g/mol. The van der Waals surface area contributed by atoms with E-state index >= 15 is 0 Å². The van der Waals surface area contributed by atoms with Crippen LogP contribution >= 0.6 is 0 Å². The zero-order valence-electron chi connectivity index (χ0n) is 10.8. The standard InChI is InChI=1S/C11H23F3N2/c1-6-15-10(4,5)7-16(9(2)3)8-11(12,13)14/h9,15H,6-8H2,1-5H3. The first-order valence-corrected chi connectivity index (χ1v) is 5.63. The quantitative estimate of drug-likeness (QED) is 0.768. The number of nitrogens with zero attached hydrogens (tertiary/aromatic N) is 1. The maximum atomic E-state index is 12.4. The van der Waals surface area contributed by atoms with Gasteiger partial charge in [0.25, 0.3) is 0 Å². The highest BCUT2D eigenvalue weighted by Gasteiger charge is 2.34. The lowest BCUT2D eigenvalue weighted by Gasteiger charge is -2.36. The van der Waals surface area contributed by atoms with Crippen molar-refractivity contribution < 1.29 is 13.2 Å². The summed E-state index contributed by atoms with van der Waals surface area (Å²) in [7, 11) is 0. The third-order valence-corrected chi connectivity index (χ3v) is 2.37. The number of nitrogens with one attached hydrogen (secondary N) is 1. The van der Waals surface area contributed by atoms with Crippen molar-refractivity contribution in [3.8, 4) is 0 Å². The predicted molar refractivity (Wildman–Crippen MR) is 60.5 cm³/mol. The summed E-state index contributed by atoms with van der Waals surface area (Å²) in [5.74, 6) is 0. The topological polar surface area (TPSA) is 15.3 Å². The Morgan fingerprint density at radius 1 is 1.12 bits per heavy atom. The Bertz CT molecular complexity index is 200. The fourth-order valence-electron chi connectivity index (χ4n) is 1.69. The number of alkyl halides is 3. The molecule has 0 rings (SSSR count). The molecule has 0 amide bonds. The van der Waals surface area contributed by atoms with Crippen LogP contribution in [0.15, 0.2) is 0 Å². The summed E-state index contributed by atoms with van der Waals surface area (Å²) < 4.78 is 37.1. The second kappa shape index (κ2) is 5.87. The van der Waals surface area contributed by atoms with Crippen LogP contribution in [0, 0.1) is 0 Å². The van der Waals surface area contributed by atoms with Gasteiger partial charge in [-0.2, -0.15) is 13.2 Å². The van der Waals surface area contributed by atoms with Crippen LogP contribution in [0.1, 0.15) is 34.6 Å². The van der Waals surface area contributed by atoms with Crippen molar-refractivity contribution in [2.75, 3.05) is 19.6 Å². The molecule has 0 aromatic heterocycles. The lowest BCUT2D eigenvalue weighted by Crippen LogP contribution is -2.52. The third-order valence-electron chi connectivity index (χ3n) is 2.37. The van der Waals surface area contributed by atoms with E-state index in [2.05, 4.69) is 5.32 Å². The minimum Gasteiger partial charge on any atom is -0.311 e. The Labute approximate surface area is 96.2 Å². The maximum absolute atomic E-state index is 12.4. The number of hydrogen-bond acceptors (Lipinski definition) is 2. The summed E-state index contributed by atoms with van der Waals surface area (Å²) in [5.41, 5.74) is -0.301. The van der Waals surface area contributed by atoms with E-state index in [1.165, 1.54) is 4.90 Å². The molecule has 1 N–H and O–H groups in total. The minimum atomic E-state index is -4.13. The average Bonchev–Trinajstić information content (AvgIpc) is 1.98. The molecule has 0 aliphatic carbocycles. The summed E-state index contributed by atoms with van der Waals surface area (Å²) in [5, 5.41) is 3.18. The first-order valence-electron chi connectivity index (χ1n) is 5.63. The molecule has 0 radical (unpaired) electrons. The minimum absolute atomic E-state index is 0.112. The molecule has 0 fully saturated rings. The van der Waals surface area contributed by atoms with Gasteiger partial charge in [0.15, 0.2) is 0 Å². The van der Waals surface area contributed by atoms with Gasteiger partial charge in [-0.15, -0.1) is 0 Å². The molecular weight excluding hydrogens is 217 g/mol. The molecule has 0 spiro atoms. The summed E-state index contributed by atoms with van der Waals surface area (Å²) in [6.07, 6.45) is -4.13. The van der Waals surface area contributed by atoms with Crippen LogP contribution in [-0.4, -0.2) is 42.3 Å². The Morgan fingerprint density at radius 2 is 1.62 bits per heavy atom. The van der Waals surface area contributed by atoms with Crippen LogP contribution < -0.4 is 5.32 Å². The molecule has 0 bridgehead atoms. The van der Waals surface area contributed by atoms with Crippen molar-refractivity contribution >= 4 is 0 Å². The molecule has 0 atom stereocenters. The molecule has 0 aromatic carbocycles. The Kier molecular flexibility index (Phi) is 5.76. The summed E-state index contributed by atoms with van der Waals surface area (Å²) >= 11 is 0. The second-order valence-corrected chi connectivity index (χ2v) is 5.03. The summed E-state index contributed by atoms with van der Waals surface area (Å²) in [6.45, 7) is 9.65. The lowest BCUT2D eigenvalue weighted by molar-refractivity contribution is -0.151. The van der Waals surface area contributed by atoms with Gasteiger partial charge in [-0.3, -0.25) is 4.90 Å². The van der Waals surface area contributed by atoms with Crippen molar-refractivity contribution in [2.45, 2.75) is 52.4 Å². The fraction of sp³-hybridized carbons (Fsp3) is 1.00. The summed E-state index contributed by atoms with van der Waals surface area (Å²) in [6, 6.07) is -0.112. The molecule has 0 aromatic rings. The lowest BCUT2D eigenvalue weighted by atomic mass is 10.0. The van der Waals surface area contributed by atoms with Gasteiger partial charge in [0, 0.05) is 18.1 Å². The number of halogens is 3. The molecule has 0 aliphatic rings. The van der Waals surface area contributed by atoms with Crippen molar-refractivity contribution in [2.24, 2.45) is 0 Å². The predicted octanol–water partition coefficient (Wildman–Crippen LogP) is 2.65. The highest BCUT2D eigenvalue weighted by atomic mass is 19.4. The molecular formula is C11H23F3N2. The van der Waals surface area contributed by atoms with Crippen LogP contribution in [0.25, 0.3) is 0 Å².